The molecule has 5 nitrogen and oxygen atoms in total. The van der Waals surface area contributed by atoms with E-state index in [9.17, 15) is 8.42 Å². The van der Waals surface area contributed by atoms with Crippen LogP contribution in [0.1, 0.15) is 33.5 Å². The molecule has 0 radical (unpaired) electrons. The van der Waals surface area contributed by atoms with Crippen molar-refractivity contribution in [3.8, 4) is 5.75 Å². The predicted octanol–water partition coefficient (Wildman–Crippen LogP) is 8.37. The van der Waals surface area contributed by atoms with Gasteiger partial charge in [0.1, 0.15) is 11.3 Å². The van der Waals surface area contributed by atoms with Crippen molar-refractivity contribution in [3.63, 3.8) is 0 Å². The summed E-state index contributed by atoms with van der Waals surface area (Å²) in [5.74, 6) is 0.736. The van der Waals surface area contributed by atoms with Crippen molar-refractivity contribution in [3.05, 3.63) is 172 Å². The maximum absolute atomic E-state index is 13.3. The van der Waals surface area contributed by atoms with Gasteiger partial charge in [-0.25, -0.2) is 13.1 Å². The van der Waals surface area contributed by atoms with Gasteiger partial charge in [0.25, 0.3) is 0 Å². The summed E-state index contributed by atoms with van der Waals surface area (Å²) in [4.78, 5) is 0.251. The molecule has 0 atom stereocenters. The van der Waals surface area contributed by atoms with Crippen LogP contribution in [0.25, 0.3) is 16.5 Å². The maximum atomic E-state index is 13.3. The fourth-order valence-electron chi connectivity index (χ4n) is 6.64. The van der Waals surface area contributed by atoms with Crippen molar-refractivity contribution < 1.29 is 13.2 Å². The summed E-state index contributed by atoms with van der Waals surface area (Å²) in [6.07, 6.45) is 2.81. The Morgan fingerprint density at radius 2 is 1.43 bits per heavy atom. The number of hydrogen-bond acceptors (Lipinski definition) is 3. The zero-order valence-corrected chi connectivity index (χ0v) is 27.1. The van der Waals surface area contributed by atoms with Crippen LogP contribution in [0.4, 0.5) is 0 Å². The molecule has 1 aliphatic heterocycles. The van der Waals surface area contributed by atoms with E-state index in [0.717, 1.165) is 55.7 Å². The standard InChI is InChI=1S/C39H33ClN2O3S/c1-27-13-20-33(21-14-27)46(43,44)41-24-23-34-35-25-32(45-2)19-22-37(35)42-38(34)36(28-15-17-31(40)18-16-28)26-39(42,29-9-5-3-6-10-29)30-11-7-4-8-12-30/h3-22,25-26,41H,23-24H2,1-2H3. The number of halogens is 1. The van der Waals surface area contributed by atoms with Crippen LogP contribution < -0.4 is 9.46 Å². The lowest BCUT2D eigenvalue weighted by Gasteiger charge is -2.33. The highest BCUT2D eigenvalue weighted by molar-refractivity contribution is 7.89. The molecule has 2 heterocycles. The van der Waals surface area contributed by atoms with Gasteiger partial charge < -0.3 is 9.30 Å². The SMILES string of the molecule is COc1ccc2c(c1)c(CCNS(=O)(=O)c1ccc(C)cc1)c1n2C(c2ccccc2)(c2ccccc2)C=C1c1ccc(Cl)cc1. The number of nitrogens with one attached hydrogen (secondary N) is 1. The number of hydrogen-bond donors (Lipinski definition) is 1. The number of aryl methyl sites for hydroxylation is 1. The number of aromatic nitrogens is 1. The number of rotatable bonds is 9. The van der Waals surface area contributed by atoms with Crippen molar-refractivity contribution in [2.45, 2.75) is 23.8 Å². The molecular weight excluding hydrogens is 612 g/mol. The first-order valence-corrected chi connectivity index (χ1v) is 17.1. The van der Waals surface area contributed by atoms with E-state index in [1.54, 1.807) is 19.2 Å². The van der Waals surface area contributed by atoms with Crippen LogP contribution in [0.2, 0.25) is 5.02 Å². The van der Waals surface area contributed by atoms with Crippen molar-refractivity contribution in [2.24, 2.45) is 0 Å². The Balaban J connectivity index is 1.47. The number of nitrogens with zero attached hydrogens (tertiary/aromatic N) is 1. The monoisotopic (exact) mass is 644 g/mol. The van der Waals surface area contributed by atoms with E-state index in [1.807, 2.05) is 61.5 Å². The van der Waals surface area contributed by atoms with Crippen LogP contribution in [-0.2, 0) is 22.0 Å². The molecule has 1 aliphatic rings. The van der Waals surface area contributed by atoms with Gasteiger partial charge in [0.05, 0.1) is 23.2 Å². The number of fused-ring (bicyclic) bond motifs is 3. The minimum atomic E-state index is -3.70. The average molecular weight is 645 g/mol. The van der Waals surface area contributed by atoms with Crippen LogP contribution >= 0.6 is 11.6 Å². The minimum absolute atomic E-state index is 0.219. The Morgan fingerprint density at radius 1 is 0.804 bits per heavy atom. The van der Waals surface area contributed by atoms with Gasteiger partial charge in [-0.15, -0.1) is 0 Å². The van der Waals surface area contributed by atoms with Crippen LogP contribution in [0.3, 0.4) is 0 Å². The van der Waals surface area contributed by atoms with Gasteiger partial charge in [-0.05, 0) is 84.1 Å². The molecule has 0 spiro atoms. The van der Waals surface area contributed by atoms with Crippen LogP contribution in [-0.4, -0.2) is 26.6 Å². The summed E-state index contributed by atoms with van der Waals surface area (Å²) in [6, 6.07) is 42.0. The Kier molecular flexibility index (Phi) is 7.81. The number of allylic oxidation sites excluding steroid dienone is 1. The highest BCUT2D eigenvalue weighted by atomic mass is 35.5. The summed E-state index contributed by atoms with van der Waals surface area (Å²) >= 11 is 6.36. The third kappa shape index (κ3) is 5.13. The second-order valence-electron chi connectivity index (χ2n) is 11.6. The lowest BCUT2D eigenvalue weighted by molar-refractivity contribution is 0.415. The molecular formula is C39H33ClN2O3S. The van der Waals surface area contributed by atoms with Gasteiger partial charge in [0, 0.05) is 22.5 Å². The fraction of sp³-hybridized carbons (Fsp3) is 0.128. The van der Waals surface area contributed by atoms with Crippen molar-refractivity contribution in [1.29, 1.82) is 0 Å². The molecule has 5 aromatic carbocycles. The summed E-state index contributed by atoms with van der Waals surface area (Å²) < 4.78 is 37.6. The van der Waals surface area contributed by atoms with Gasteiger partial charge in [-0.1, -0.05) is 102 Å². The molecule has 1 aromatic heterocycles. The lowest BCUT2D eigenvalue weighted by Crippen LogP contribution is -2.32. The highest BCUT2D eigenvalue weighted by Crippen LogP contribution is 2.51. The number of sulfonamides is 1. The molecule has 0 saturated heterocycles. The van der Waals surface area contributed by atoms with Crippen molar-refractivity contribution in [2.75, 3.05) is 13.7 Å². The van der Waals surface area contributed by atoms with Crippen LogP contribution in [0.5, 0.6) is 5.75 Å². The zero-order valence-electron chi connectivity index (χ0n) is 25.6. The Labute approximate surface area is 274 Å². The lowest BCUT2D eigenvalue weighted by atomic mass is 9.82. The molecule has 6 aromatic rings. The van der Waals surface area contributed by atoms with Crippen LogP contribution in [0.15, 0.2) is 138 Å². The zero-order chi connectivity index (χ0) is 31.9. The molecule has 7 heteroatoms. The Hall–Kier alpha value is -4.62. The van der Waals surface area contributed by atoms with Gasteiger partial charge >= 0.3 is 0 Å². The third-order valence-corrected chi connectivity index (χ3v) is 10.6. The second kappa shape index (κ2) is 12.0. The normalized spacial score (nSPS) is 13.8. The highest BCUT2D eigenvalue weighted by Gasteiger charge is 2.44. The molecule has 46 heavy (non-hydrogen) atoms. The van der Waals surface area contributed by atoms with Crippen LogP contribution in [0, 0.1) is 6.92 Å². The molecule has 0 fully saturated rings. The average Bonchev–Trinajstić information content (AvgIpc) is 3.60. The molecule has 7 rings (SSSR count). The largest absolute Gasteiger partial charge is 0.497 e. The van der Waals surface area contributed by atoms with E-state index in [-0.39, 0.29) is 11.4 Å². The summed E-state index contributed by atoms with van der Waals surface area (Å²) in [5, 5.41) is 1.68. The van der Waals surface area contributed by atoms with E-state index in [2.05, 4.69) is 76.0 Å². The van der Waals surface area contributed by atoms with E-state index >= 15 is 0 Å². The van der Waals surface area contributed by atoms with E-state index in [0.29, 0.717) is 11.4 Å². The predicted molar refractivity (Wildman–Crippen MR) is 186 cm³/mol. The molecule has 1 N–H and O–H groups in total. The van der Waals surface area contributed by atoms with Gasteiger partial charge in [0.15, 0.2) is 0 Å². The first-order chi connectivity index (χ1) is 22.3. The summed E-state index contributed by atoms with van der Waals surface area (Å²) in [6.45, 7) is 2.16. The fourth-order valence-corrected chi connectivity index (χ4v) is 7.80. The maximum Gasteiger partial charge on any atom is 0.240 e. The topological polar surface area (TPSA) is 60.3 Å². The molecule has 0 amide bonds. The molecule has 0 aliphatic carbocycles. The first-order valence-electron chi connectivity index (χ1n) is 15.2. The summed E-state index contributed by atoms with van der Waals surface area (Å²) in [5.41, 5.74) is 7.73. The van der Waals surface area contributed by atoms with E-state index < -0.39 is 15.6 Å². The molecule has 0 bridgehead atoms. The van der Waals surface area contributed by atoms with E-state index in [4.69, 9.17) is 16.3 Å². The van der Waals surface area contributed by atoms with Gasteiger partial charge in [-0.2, -0.15) is 0 Å². The quantitative estimate of drug-likeness (QED) is 0.172. The first kappa shape index (κ1) is 30.1. The number of benzene rings is 5. The van der Waals surface area contributed by atoms with Crippen molar-refractivity contribution >= 4 is 38.1 Å². The second-order valence-corrected chi connectivity index (χ2v) is 13.8. The Morgan fingerprint density at radius 3 is 2.04 bits per heavy atom. The Bertz CT molecular complexity index is 2130. The number of methoxy groups -OCH3 is 1. The number of ether oxygens (including phenoxy) is 1. The van der Waals surface area contributed by atoms with Gasteiger partial charge in [0.2, 0.25) is 10.0 Å². The molecule has 0 unspecified atom stereocenters. The molecule has 0 saturated carbocycles. The third-order valence-electron chi connectivity index (χ3n) is 8.82. The smallest absolute Gasteiger partial charge is 0.240 e. The molecule has 230 valence electrons. The van der Waals surface area contributed by atoms with E-state index in [1.165, 1.54) is 0 Å². The minimum Gasteiger partial charge on any atom is -0.497 e. The van der Waals surface area contributed by atoms with Crippen molar-refractivity contribution in [1.82, 2.24) is 9.29 Å². The van der Waals surface area contributed by atoms with Gasteiger partial charge in [-0.3, -0.25) is 0 Å². The summed E-state index contributed by atoms with van der Waals surface area (Å²) in [7, 11) is -2.04.